The fourth-order valence-corrected chi connectivity index (χ4v) is 24.0. The molecule has 93 heavy (non-hydrogen) atoms. The van der Waals surface area contributed by atoms with E-state index in [1.165, 1.54) is 116 Å². The first-order valence-electron chi connectivity index (χ1n) is 34.9. The van der Waals surface area contributed by atoms with Crippen LogP contribution in [0.15, 0.2) is 10.2 Å². The van der Waals surface area contributed by atoms with Gasteiger partial charge in [-0.1, -0.05) is 178 Å². The van der Waals surface area contributed by atoms with Gasteiger partial charge < -0.3 is 48.8 Å². The van der Waals surface area contributed by atoms with Crippen LogP contribution < -0.4 is 0 Å². The predicted octanol–water partition coefficient (Wildman–Crippen LogP) is 12.1. The van der Waals surface area contributed by atoms with E-state index in [-0.39, 0.29) is 19.3 Å². The molecule has 30 heteroatoms. The molecule has 0 aliphatic carbocycles. The molecule has 5 rings (SSSR count). The van der Waals surface area contributed by atoms with E-state index < -0.39 is 151 Å². The van der Waals surface area contributed by atoms with Gasteiger partial charge in [0.2, 0.25) is 0 Å². The van der Waals surface area contributed by atoms with Crippen LogP contribution in [-0.2, 0) is 53.6 Å². The molecule has 5 saturated heterocycles. The SMILES string of the molecule is CCCCCCCCCCCCCC[C@@H]1OC(C)(C)O[C@H]1[C@H](COC1OC(CO)C(O)C(O)C1O)N=[N+]=[N-].CCCCCCCCCCCCCC[C@@H]1OC(C)(C)O[C@H]1[C@H](COS(=O)(=O)C(F)(F)F)N=[N+]=[N-].CCC[CH2][Sn]1([CH2]CCC)[O]C2OC(CO)C(O)C(O)C2[O]1. The van der Waals surface area contributed by atoms with E-state index >= 15 is 0 Å². The Hall–Kier alpha value is -1.52. The molecule has 5 heterocycles. The quantitative estimate of drug-likeness (QED) is 0.00566. The van der Waals surface area contributed by atoms with Crippen LogP contribution in [-0.4, -0.2) is 205 Å². The molecule has 5 aliphatic heterocycles. The van der Waals surface area contributed by atoms with Crippen molar-refractivity contribution in [3.05, 3.63) is 20.9 Å². The van der Waals surface area contributed by atoms with E-state index in [0.29, 0.717) is 6.42 Å². The molecule has 10 unspecified atom stereocenters. The summed E-state index contributed by atoms with van der Waals surface area (Å²) in [5.41, 5.74) is 12.4. The summed E-state index contributed by atoms with van der Waals surface area (Å²) in [5, 5.41) is 76.3. The van der Waals surface area contributed by atoms with Crippen LogP contribution >= 0.6 is 0 Å². The van der Waals surface area contributed by atoms with Gasteiger partial charge in [-0.25, -0.2) is 0 Å². The van der Waals surface area contributed by atoms with Gasteiger partial charge in [-0.3, -0.25) is 4.18 Å². The topological polar surface area (TPSA) is 366 Å². The molecule has 0 radical (unpaired) electrons. The molecule has 0 saturated carbocycles. The number of fused-ring (bicyclic) bond motifs is 1. The number of rotatable bonds is 44. The van der Waals surface area contributed by atoms with Crippen molar-refractivity contribution in [1.29, 1.82) is 0 Å². The Morgan fingerprint density at radius 1 is 0.505 bits per heavy atom. The molecule has 25 nitrogen and oxygen atoms in total. The van der Waals surface area contributed by atoms with Crippen LogP contribution in [0.25, 0.3) is 20.9 Å². The van der Waals surface area contributed by atoms with Gasteiger partial charge in [-0.15, -0.1) is 0 Å². The van der Waals surface area contributed by atoms with E-state index in [1.807, 2.05) is 13.8 Å². The third kappa shape index (κ3) is 30.5. The molecule has 0 aromatic rings. The second-order valence-corrected chi connectivity index (χ2v) is 37.4. The molecular weight excluding hydrogens is 1350 g/mol. The molecule has 546 valence electrons. The van der Waals surface area contributed by atoms with Gasteiger partial charge in [0, 0.05) is 9.82 Å². The van der Waals surface area contributed by atoms with Gasteiger partial charge in [0.05, 0.1) is 56.3 Å². The van der Waals surface area contributed by atoms with Crippen LogP contribution in [0.2, 0.25) is 8.87 Å². The third-order valence-electron chi connectivity index (χ3n) is 17.6. The maximum atomic E-state index is 12.6. The summed E-state index contributed by atoms with van der Waals surface area (Å²) < 4.78 is 119. The van der Waals surface area contributed by atoms with Crippen molar-refractivity contribution in [2.75, 3.05) is 26.4 Å². The van der Waals surface area contributed by atoms with Crippen molar-refractivity contribution in [3.8, 4) is 0 Å². The van der Waals surface area contributed by atoms with Crippen LogP contribution in [0, 0.1) is 0 Å². The zero-order valence-corrected chi connectivity index (χ0v) is 60.6. The first kappa shape index (κ1) is 85.7. The summed E-state index contributed by atoms with van der Waals surface area (Å²) in [7, 11) is -5.81. The van der Waals surface area contributed by atoms with E-state index in [0.717, 1.165) is 79.5 Å². The number of ether oxygens (including phenoxy) is 7. The second kappa shape index (κ2) is 45.3. The number of hydrogen-bond donors (Lipinski definition) is 7. The standard InChI is InChI=1S/C27H51N3O8.C22H40F3N3O5S.C6H10O6.2C4H9.Sn/c1-4-5-6-7-8-9-10-11-12-13-14-15-16-20-25(38-27(2,3)37-20)19(29-30-28)18-35-26-24(34)23(33)22(32)21(17-31)36-26;1-4-5-6-7-8-9-10-11-12-13-14-15-16-19-20(33-21(2,3)32-19)18(27-28-26)17-31-34(29,30)22(23,24)25;7-1-2-3(8)4(9)5(10)6(11)12-2;2*1-3-4-2;/h19-26,31-34H,4-18H2,1-3H3;18-20H,4-17H2,1-3H3;2-9H,1H2;2*1,3-4H2,2H3;/q;;-2;;;+2/t19-,20-,21?,22?,23?,24?,25-,26?;18-,19-,20-;;;;/m00..../s1. The minimum absolute atomic E-state index is 0.161. The normalized spacial score (nSPS) is 29.4. The van der Waals surface area contributed by atoms with Crippen LogP contribution in [0.4, 0.5) is 13.2 Å². The molecule has 0 aromatic heterocycles. The number of aliphatic hydroxyl groups is 7. The van der Waals surface area contributed by atoms with Gasteiger partial charge in [0.1, 0.15) is 24.4 Å². The molecule has 0 amide bonds. The Balaban J connectivity index is 0.000000378. The monoisotopic (exact) mass is 1470 g/mol. The summed E-state index contributed by atoms with van der Waals surface area (Å²) in [4.78, 5) is 5.57. The van der Waals surface area contributed by atoms with Gasteiger partial charge >= 0.3 is 147 Å². The summed E-state index contributed by atoms with van der Waals surface area (Å²) in [6.07, 6.45) is 21.5. The number of hydrogen-bond acceptors (Lipinski definition) is 21. The van der Waals surface area contributed by atoms with Crippen LogP contribution in [0.5, 0.6) is 0 Å². The van der Waals surface area contributed by atoms with E-state index in [9.17, 15) is 57.3 Å². The number of aliphatic hydroxyl groups excluding tert-OH is 7. The number of azide groups is 2. The van der Waals surface area contributed by atoms with Crippen molar-refractivity contribution in [3.63, 3.8) is 0 Å². The van der Waals surface area contributed by atoms with Gasteiger partial charge in [0.15, 0.2) is 17.9 Å². The van der Waals surface area contributed by atoms with E-state index in [4.69, 9.17) is 50.4 Å². The molecule has 0 spiro atoms. The number of unbranched alkanes of at least 4 members (excludes halogenated alkanes) is 24. The van der Waals surface area contributed by atoms with Crippen LogP contribution in [0.1, 0.15) is 248 Å². The fourth-order valence-electron chi connectivity index (χ4n) is 12.4. The average Bonchev–Trinajstić information content (AvgIpc) is 1.70. The molecule has 7 N–H and O–H groups in total. The summed E-state index contributed by atoms with van der Waals surface area (Å²) in [6.45, 7) is 13.6. The molecule has 16 atom stereocenters. The first-order chi connectivity index (χ1) is 44.2. The third-order valence-corrected chi connectivity index (χ3v) is 28.8. The van der Waals surface area contributed by atoms with Crippen molar-refractivity contribution in [1.82, 2.24) is 0 Å². The Morgan fingerprint density at radius 3 is 1.27 bits per heavy atom. The summed E-state index contributed by atoms with van der Waals surface area (Å²) in [6, 6.07) is -2.05. The minimum atomic E-state index is -5.81. The van der Waals surface area contributed by atoms with Gasteiger partial charge in [-0.2, -0.15) is 21.6 Å². The first-order valence-corrected chi connectivity index (χ1v) is 42.7. The average molecular weight is 1470 g/mol. The Bertz CT molecular complexity index is 2210. The second-order valence-electron chi connectivity index (χ2n) is 26.4. The summed E-state index contributed by atoms with van der Waals surface area (Å²) >= 11 is -3.24. The fraction of sp³-hybridized carbons (Fsp3) is 1.00. The molecule has 5 fully saturated rings. The maximum absolute atomic E-state index is 12.6. The molecular formula is C63H119F3N6O19SSn. The van der Waals surface area contributed by atoms with E-state index in [2.05, 4.69) is 51.9 Å². The van der Waals surface area contributed by atoms with E-state index in [1.54, 1.807) is 13.8 Å². The van der Waals surface area contributed by atoms with Gasteiger partial charge in [-0.05, 0) is 51.6 Å². The number of nitrogens with zero attached hydrogens (tertiary/aromatic N) is 6. The van der Waals surface area contributed by atoms with Crippen LogP contribution in [0.3, 0.4) is 0 Å². The van der Waals surface area contributed by atoms with Crippen molar-refractivity contribution < 1.29 is 101 Å². The zero-order valence-electron chi connectivity index (χ0n) is 56.9. The Morgan fingerprint density at radius 2 is 0.882 bits per heavy atom. The predicted molar refractivity (Wildman–Crippen MR) is 344 cm³/mol. The summed E-state index contributed by atoms with van der Waals surface area (Å²) in [5.74, 6) is -1.89. The zero-order chi connectivity index (χ0) is 69.1. The Kier molecular flexibility index (Phi) is 41.7. The molecule has 0 bridgehead atoms. The van der Waals surface area contributed by atoms with Crippen molar-refractivity contribution in [2.45, 2.75) is 372 Å². The molecule has 5 aliphatic rings. The molecule has 0 aromatic carbocycles. The van der Waals surface area contributed by atoms with Crippen molar-refractivity contribution >= 4 is 29.3 Å². The number of halogens is 3. The number of alkyl halides is 3. The van der Waals surface area contributed by atoms with Gasteiger partial charge in [0.25, 0.3) is 0 Å². The van der Waals surface area contributed by atoms with Crippen molar-refractivity contribution in [2.24, 2.45) is 10.2 Å². The Labute approximate surface area is 556 Å².